The van der Waals surface area contributed by atoms with Crippen molar-refractivity contribution in [2.24, 2.45) is 10.7 Å². The van der Waals surface area contributed by atoms with E-state index < -0.39 is 0 Å². The minimum atomic E-state index is 0.266. The molecule has 4 nitrogen and oxygen atoms in total. The summed E-state index contributed by atoms with van der Waals surface area (Å²) in [6, 6.07) is 5.99. The number of guanidine groups is 1. The van der Waals surface area contributed by atoms with Crippen LogP contribution in [-0.2, 0) is 11.3 Å². The van der Waals surface area contributed by atoms with E-state index in [0.717, 1.165) is 31.0 Å². The van der Waals surface area contributed by atoms with Gasteiger partial charge in [0.2, 0.25) is 0 Å². The third-order valence-electron chi connectivity index (χ3n) is 3.92. The second-order valence-corrected chi connectivity index (χ2v) is 7.08. The Bertz CT molecular complexity index is 692. The topological polar surface area (TPSA) is 59.6 Å². The molecule has 0 radical (unpaired) electrons. The molecule has 1 aromatic carbocycles. The Morgan fingerprint density at radius 1 is 1.55 bits per heavy atom. The van der Waals surface area contributed by atoms with Crippen LogP contribution in [0.1, 0.15) is 23.3 Å². The number of hydrogen-bond donors (Lipinski definition) is 2. The first kappa shape index (κ1) is 15.6. The van der Waals surface area contributed by atoms with Crippen molar-refractivity contribution in [3.05, 3.63) is 33.7 Å². The summed E-state index contributed by atoms with van der Waals surface area (Å²) in [6.45, 7) is 4.28. The van der Waals surface area contributed by atoms with E-state index in [1.54, 1.807) is 11.3 Å². The summed E-state index contributed by atoms with van der Waals surface area (Å²) in [7, 11) is 0. The summed E-state index contributed by atoms with van der Waals surface area (Å²) in [4.78, 5) is 5.66. The lowest BCUT2D eigenvalue weighted by Crippen LogP contribution is -2.37. The fraction of sp³-hybridized carbons (Fsp3) is 0.438. The number of benzene rings is 1. The zero-order chi connectivity index (χ0) is 15.5. The summed E-state index contributed by atoms with van der Waals surface area (Å²) >= 11 is 7.81. The van der Waals surface area contributed by atoms with Crippen molar-refractivity contribution in [3.8, 4) is 0 Å². The van der Waals surface area contributed by atoms with Crippen LogP contribution >= 0.6 is 22.9 Å². The van der Waals surface area contributed by atoms with E-state index >= 15 is 0 Å². The molecule has 2 heterocycles. The Balaban J connectivity index is 1.64. The van der Waals surface area contributed by atoms with Crippen molar-refractivity contribution < 1.29 is 4.74 Å². The van der Waals surface area contributed by atoms with Gasteiger partial charge in [0.15, 0.2) is 5.96 Å². The number of aliphatic imine (C=N–C) groups is 1. The van der Waals surface area contributed by atoms with Crippen molar-refractivity contribution in [1.29, 1.82) is 0 Å². The van der Waals surface area contributed by atoms with Gasteiger partial charge in [-0.2, -0.15) is 0 Å². The van der Waals surface area contributed by atoms with E-state index in [2.05, 4.69) is 23.3 Å². The zero-order valence-electron chi connectivity index (χ0n) is 12.6. The number of aryl methyl sites for hydroxylation is 1. The summed E-state index contributed by atoms with van der Waals surface area (Å²) in [6.07, 6.45) is 2.49. The lowest BCUT2D eigenvalue weighted by molar-refractivity contribution is 0.114. The minimum Gasteiger partial charge on any atom is -0.376 e. The molecule has 1 aliphatic heterocycles. The van der Waals surface area contributed by atoms with Crippen LogP contribution in [0.15, 0.2) is 23.2 Å². The standard InChI is InChI=1S/C16H20ClN3OS/c1-10-13-7-11(17)4-5-14(13)22-15(10)9-20-16(18)19-8-12-3-2-6-21-12/h4-5,7,12H,2-3,6,8-9H2,1H3,(H3,18,19,20). The largest absolute Gasteiger partial charge is 0.376 e. The SMILES string of the molecule is Cc1c(CN=C(N)NCC2CCCO2)sc2ccc(Cl)cc12. The van der Waals surface area contributed by atoms with E-state index in [9.17, 15) is 0 Å². The van der Waals surface area contributed by atoms with E-state index in [1.165, 1.54) is 20.5 Å². The van der Waals surface area contributed by atoms with Crippen LogP contribution in [0.25, 0.3) is 10.1 Å². The predicted octanol–water partition coefficient (Wildman–Crippen LogP) is 3.45. The molecule has 6 heteroatoms. The summed E-state index contributed by atoms with van der Waals surface area (Å²) in [5.74, 6) is 0.477. The Morgan fingerprint density at radius 2 is 2.41 bits per heavy atom. The van der Waals surface area contributed by atoms with Gasteiger partial charge < -0.3 is 15.8 Å². The molecule has 0 amide bonds. The van der Waals surface area contributed by atoms with Gasteiger partial charge >= 0.3 is 0 Å². The van der Waals surface area contributed by atoms with Crippen molar-refractivity contribution >= 4 is 39.0 Å². The Labute approximate surface area is 139 Å². The molecular weight excluding hydrogens is 318 g/mol. The summed E-state index contributed by atoms with van der Waals surface area (Å²) < 4.78 is 6.79. The van der Waals surface area contributed by atoms with E-state index in [0.29, 0.717) is 12.5 Å². The minimum absolute atomic E-state index is 0.266. The van der Waals surface area contributed by atoms with Crippen molar-refractivity contribution in [1.82, 2.24) is 5.32 Å². The van der Waals surface area contributed by atoms with Crippen molar-refractivity contribution in [2.75, 3.05) is 13.2 Å². The fourth-order valence-corrected chi connectivity index (χ4v) is 3.92. The quantitative estimate of drug-likeness (QED) is 0.663. The average molecular weight is 338 g/mol. The molecule has 0 bridgehead atoms. The smallest absolute Gasteiger partial charge is 0.189 e. The van der Waals surface area contributed by atoms with E-state index in [1.807, 2.05) is 12.1 Å². The molecule has 0 saturated carbocycles. The molecule has 1 aliphatic rings. The number of nitrogens with two attached hydrogens (primary N) is 1. The third-order valence-corrected chi connectivity index (χ3v) is 5.42. The Kier molecular flexibility index (Phi) is 4.86. The molecule has 0 spiro atoms. The maximum absolute atomic E-state index is 6.07. The van der Waals surface area contributed by atoms with Gasteiger partial charge in [-0.05, 0) is 48.9 Å². The maximum Gasteiger partial charge on any atom is 0.189 e. The van der Waals surface area contributed by atoms with Gasteiger partial charge in [-0.25, -0.2) is 4.99 Å². The molecule has 3 rings (SSSR count). The number of thiophene rings is 1. The number of nitrogens with one attached hydrogen (secondary N) is 1. The van der Waals surface area contributed by atoms with Gasteiger partial charge in [-0.1, -0.05) is 11.6 Å². The molecule has 118 valence electrons. The molecule has 1 unspecified atom stereocenters. The predicted molar refractivity (Wildman–Crippen MR) is 93.9 cm³/mol. The molecule has 1 fully saturated rings. The molecular formula is C16H20ClN3OS. The van der Waals surface area contributed by atoms with Crippen LogP contribution in [0, 0.1) is 6.92 Å². The van der Waals surface area contributed by atoms with Crippen LogP contribution in [0.3, 0.4) is 0 Å². The van der Waals surface area contributed by atoms with Gasteiger partial charge in [0, 0.05) is 27.8 Å². The van der Waals surface area contributed by atoms with E-state index in [4.69, 9.17) is 22.1 Å². The van der Waals surface area contributed by atoms with Crippen LogP contribution < -0.4 is 11.1 Å². The number of fused-ring (bicyclic) bond motifs is 1. The Morgan fingerprint density at radius 3 is 3.18 bits per heavy atom. The second-order valence-electron chi connectivity index (χ2n) is 5.51. The van der Waals surface area contributed by atoms with Crippen molar-refractivity contribution in [3.63, 3.8) is 0 Å². The zero-order valence-corrected chi connectivity index (χ0v) is 14.1. The molecule has 22 heavy (non-hydrogen) atoms. The van der Waals surface area contributed by atoms with Gasteiger partial charge in [-0.15, -0.1) is 11.3 Å². The lowest BCUT2D eigenvalue weighted by Gasteiger charge is -2.10. The number of halogens is 1. The first-order chi connectivity index (χ1) is 10.6. The van der Waals surface area contributed by atoms with Gasteiger partial charge in [0.05, 0.1) is 12.6 Å². The monoisotopic (exact) mass is 337 g/mol. The number of nitrogens with zero attached hydrogens (tertiary/aromatic N) is 1. The highest BCUT2D eigenvalue weighted by Crippen LogP contribution is 2.33. The number of ether oxygens (including phenoxy) is 1. The highest BCUT2D eigenvalue weighted by molar-refractivity contribution is 7.19. The van der Waals surface area contributed by atoms with Crippen LogP contribution in [-0.4, -0.2) is 25.2 Å². The van der Waals surface area contributed by atoms with Gasteiger partial charge in [0.25, 0.3) is 0 Å². The van der Waals surface area contributed by atoms with Crippen LogP contribution in [0.4, 0.5) is 0 Å². The Hall–Kier alpha value is -1.30. The molecule has 0 aliphatic carbocycles. The van der Waals surface area contributed by atoms with Gasteiger partial charge in [-0.3, -0.25) is 0 Å². The normalized spacial score (nSPS) is 19.0. The third kappa shape index (κ3) is 3.54. The first-order valence-electron chi connectivity index (χ1n) is 7.46. The van der Waals surface area contributed by atoms with E-state index in [-0.39, 0.29) is 6.10 Å². The molecule has 1 saturated heterocycles. The second kappa shape index (κ2) is 6.86. The summed E-state index contributed by atoms with van der Waals surface area (Å²) in [5, 5.41) is 5.11. The van der Waals surface area contributed by atoms with Gasteiger partial charge in [0.1, 0.15) is 0 Å². The molecule has 1 atom stereocenters. The lowest BCUT2D eigenvalue weighted by atomic mass is 10.1. The highest BCUT2D eigenvalue weighted by Gasteiger charge is 2.15. The molecule has 3 N–H and O–H groups in total. The maximum atomic E-state index is 6.07. The first-order valence-corrected chi connectivity index (χ1v) is 8.66. The number of hydrogen-bond acceptors (Lipinski definition) is 3. The van der Waals surface area contributed by atoms with Crippen molar-refractivity contribution in [2.45, 2.75) is 32.4 Å². The molecule has 2 aromatic rings. The molecule has 1 aromatic heterocycles. The number of rotatable bonds is 4. The van der Waals surface area contributed by atoms with Crippen LogP contribution in [0.5, 0.6) is 0 Å². The highest BCUT2D eigenvalue weighted by atomic mass is 35.5. The average Bonchev–Trinajstić information content (AvgIpc) is 3.12. The van der Waals surface area contributed by atoms with Crippen LogP contribution in [0.2, 0.25) is 5.02 Å². The fourth-order valence-electron chi connectivity index (χ4n) is 2.63. The summed E-state index contributed by atoms with van der Waals surface area (Å²) in [5.41, 5.74) is 7.17.